The van der Waals surface area contributed by atoms with Crippen LogP contribution in [0.3, 0.4) is 0 Å². The maximum atomic E-state index is 13.0. The van der Waals surface area contributed by atoms with E-state index < -0.39 is 0 Å². The lowest BCUT2D eigenvalue weighted by Crippen LogP contribution is -2.40. The number of allylic oxidation sites excluding steroid dienone is 2. The van der Waals surface area contributed by atoms with Crippen LogP contribution in [0.4, 0.5) is 5.69 Å². The lowest BCUT2D eigenvalue weighted by molar-refractivity contribution is -0.142. The summed E-state index contributed by atoms with van der Waals surface area (Å²) in [5.74, 6) is 0.344. The number of amides is 3. The van der Waals surface area contributed by atoms with Crippen LogP contribution in [-0.2, 0) is 14.4 Å². The van der Waals surface area contributed by atoms with Crippen molar-refractivity contribution >= 4 is 34.2 Å². The Morgan fingerprint density at radius 2 is 1.57 bits per heavy atom. The van der Waals surface area contributed by atoms with E-state index in [2.05, 4.69) is 17.5 Å². The number of rotatable bonds is 3. The van der Waals surface area contributed by atoms with Crippen molar-refractivity contribution in [3.63, 3.8) is 0 Å². The molecule has 4 aliphatic carbocycles. The number of nitrogens with one attached hydrogen (secondary N) is 1. The number of fused-ring (bicyclic) bond motifs is 1. The molecule has 3 fully saturated rings. The zero-order valence-corrected chi connectivity index (χ0v) is 15.2. The number of hydrogen-bond donors (Lipinski definition) is 1. The molecule has 2 bridgehead atoms. The Morgan fingerprint density at radius 1 is 0.929 bits per heavy atom. The summed E-state index contributed by atoms with van der Waals surface area (Å²) in [5, 5.41) is 4.86. The van der Waals surface area contributed by atoms with Gasteiger partial charge in [-0.1, -0.05) is 48.6 Å². The van der Waals surface area contributed by atoms with Crippen molar-refractivity contribution in [3.05, 3.63) is 54.6 Å². The standard InChI is InChI=1S/C23H20N2O3/c26-19(24-18-7-3-5-12-4-1-2-6-13(12)18)11-25-22(27)20-14-8-9-15(17-10-16(14)17)21(20)23(25)28/h1-9,14-17,20-21H,10-11H2,(H,24,26)/t14-,15+,16+,17-,20+,21-. The molecule has 2 saturated carbocycles. The Hall–Kier alpha value is -2.95. The summed E-state index contributed by atoms with van der Waals surface area (Å²) in [4.78, 5) is 39.9. The van der Waals surface area contributed by atoms with E-state index in [4.69, 9.17) is 0 Å². The van der Waals surface area contributed by atoms with Gasteiger partial charge >= 0.3 is 0 Å². The van der Waals surface area contributed by atoms with Crippen molar-refractivity contribution in [3.8, 4) is 0 Å². The van der Waals surface area contributed by atoms with Gasteiger partial charge in [0.15, 0.2) is 0 Å². The molecule has 140 valence electrons. The van der Waals surface area contributed by atoms with E-state index in [9.17, 15) is 14.4 Å². The number of benzene rings is 2. The van der Waals surface area contributed by atoms with Gasteiger partial charge in [0.25, 0.3) is 0 Å². The van der Waals surface area contributed by atoms with Crippen LogP contribution in [0, 0.1) is 35.5 Å². The van der Waals surface area contributed by atoms with Crippen molar-refractivity contribution in [1.29, 1.82) is 0 Å². The molecule has 0 spiro atoms. The lowest BCUT2D eigenvalue weighted by Gasteiger charge is -2.37. The van der Waals surface area contributed by atoms with Gasteiger partial charge in [0.05, 0.1) is 11.8 Å². The minimum atomic E-state index is -0.331. The van der Waals surface area contributed by atoms with E-state index in [0.717, 1.165) is 17.2 Å². The van der Waals surface area contributed by atoms with Gasteiger partial charge in [-0.25, -0.2) is 0 Å². The van der Waals surface area contributed by atoms with Crippen LogP contribution in [0.2, 0.25) is 0 Å². The van der Waals surface area contributed by atoms with E-state index in [1.807, 2.05) is 42.5 Å². The largest absolute Gasteiger partial charge is 0.324 e. The van der Waals surface area contributed by atoms with E-state index in [-0.39, 0.29) is 47.9 Å². The van der Waals surface area contributed by atoms with Gasteiger partial charge in [0.2, 0.25) is 17.7 Å². The zero-order valence-electron chi connectivity index (χ0n) is 15.2. The summed E-state index contributed by atoms with van der Waals surface area (Å²) in [7, 11) is 0. The first-order valence-electron chi connectivity index (χ1n) is 9.94. The fraction of sp³-hybridized carbons (Fsp3) is 0.348. The van der Waals surface area contributed by atoms with Crippen molar-refractivity contribution in [2.45, 2.75) is 6.42 Å². The normalized spacial score (nSPS) is 34.5. The topological polar surface area (TPSA) is 66.5 Å². The second kappa shape index (κ2) is 5.53. The number of hydrogen-bond acceptors (Lipinski definition) is 3. The first kappa shape index (κ1) is 16.0. The SMILES string of the molecule is O=C(CN1C(=O)[C@@H]2[C@H]3C=C[C@H]([C@@H]4C[C@H]34)[C@@H]2C1=O)Nc1cccc2ccccc12. The second-order valence-corrected chi connectivity index (χ2v) is 8.49. The molecule has 0 unspecified atom stereocenters. The number of imide groups is 1. The molecule has 28 heavy (non-hydrogen) atoms. The molecule has 1 N–H and O–H groups in total. The quantitative estimate of drug-likeness (QED) is 0.666. The van der Waals surface area contributed by atoms with E-state index in [0.29, 0.717) is 17.5 Å². The number of carbonyl (C=O) groups excluding carboxylic acids is 3. The highest BCUT2D eigenvalue weighted by atomic mass is 16.2. The Bertz CT molecular complexity index is 1030. The number of likely N-dealkylation sites (tertiary alicyclic amines) is 1. The molecule has 1 aliphatic heterocycles. The van der Waals surface area contributed by atoms with Gasteiger partial charge in [0, 0.05) is 11.1 Å². The Labute approximate surface area is 162 Å². The first-order chi connectivity index (χ1) is 13.6. The summed E-state index contributed by atoms with van der Waals surface area (Å²) in [6.45, 7) is -0.206. The third-order valence-electron chi connectivity index (χ3n) is 7.12. The molecule has 1 saturated heterocycles. The van der Waals surface area contributed by atoms with Gasteiger partial charge in [0.1, 0.15) is 6.54 Å². The smallest absolute Gasteiger partial charge is 0.244 e. The van der Waals surface area contributed by atoms with E-state index in [1.54, 1.807) is 0 Å². The first-order valence-corrected chi connectivity index (χ1v) is 9.94. The van der Waals surface area contributed by atoms with Crippen LogP contribution < -0.4 is 5.32 Å². The van der Waals surface area contributed by atoms with Crippen molar-refractivity contribution in [1.82, 2.24) is 4.90 Å². The summed E-state index contributed by atoms with van der Waals surface area (Å²) in [6, 6.07) is 13.5. The van der Waals surface area contributed by atoms with Crippen LogP contribution in [0.5, 0.6) is 0 Å². The lowest BCUT2D eigenvalue weighted by atomic mass is 9.63. The fourth-order valence-corrected chi connectivity index (χ4v) is 5.84. The van der Waals surface area contributed by atoms with Crippen LogP contribution in [0.1, 0.15) is 6.42 Å². The van der Waals surface area contributed by atoms with E-state index >= 15 is 0 Å². The van der Waals surface area contributed by atoms with Gasteiger partial charge in [-0.05, 0) is 41.5 Å². The van der Waals surface area contributed by atoms with Gasteiger partial charge in [-0.2, -0.15) is 0 Å². The molecular weight excluding hydrogens is 352 g/mol. The average Bonchev–Trinajstić information content (AvgIpc) is 3.49. The molecule has 0 aromatic heterocycles. The molecule has 2 aromatic rings. The maximum Gasteiger partial charge on any atom is 0.244 e. The van der Waals surface area contributed by atoms with Crippen molar-refractivity contribution in [2.24, 2.45) is 35.5 Å². The van der Waals surface area contributed by atoms with Crippen LogP contribution in [-0.4, -0.2) is 29.2 Å². The monoisotopic (exact) mass is 372 g/mol. The minimum Gasteiger partial charge on any atom is -0.324 e. The third kappa shape index (κ3) is 2.10. The van der Waals surface area contributed by atoms with Gasteiger partial charge in [-0.3, -0.25) is 19.3 Å². The van der Waals surface area contributed by atoms with Crippen LogP contribution in [0.15, 0.2) is 54.6 Å². The molecule has 5 heteroatoms. The predicted molar refractivity (Wildman–Crippen MR) is 104 cm³/mol. The molecule has 0 radical (unpaired) electrons. The average molecular weight is 372 g/mol. The summed E-state index contributed by atoms with van der Waals surface area (Å²) < 4.78 is 0. The highest BCUT2D eigenvalue weighted by Gasteiger charge is 2.67. The molecule has 3 amide bonds. The van der Waals surface area contributed by atoms with Gasteiger partial charge in [-0.15, -0.1) is 0 Å². The summed E-state index contributed by atoms with van der Waals surface area (Å²) in [5.41, 5.74) is 0.697. The maximum absolute atomic E-state index is 13.0. The highest BCUT2D eigenvalue weighted by molar-refractivity contribution is 6.10. The summed E-state index contributed by atoms with van der Waals surface area (Å²) >= 11 is 0. The molecule has 6 atom stereocenters. The van der Waals surface area contributed by atoms with Gasteiger partial charge < -0.3 is 5.32 Å². The number of anilines is 1. The molecular formula is C23H20N2O3. The second-order valence-electron chi connectivity index (χ2n) is 8.49. The zero-order chi connectivity index (χ0) is 19.0. The molecule has 1 heterocycles. The molecule has 2 aromatic carbocycles. The third-order valence-corrected chi connectivity index (χ3v) is 7.12. The number of nitrogens with zero attached hydrogens (tertiary/aromatic N) is 1. The highest BCUT2D eigenvalue weighted by Crippen LogP contribution is 2.65. The Morgan fingerprint density at radius 3 is 2.29 bits per heavy atom. The summed E-state index contributed by atoms with van der Waals surface area (Å²) in [6.07, 6.45) is 5.42. The minimum absolute atomic E-state index is 0.159. The molecule has 5 nitrogen and oxygen atoms in total. The Balaban J connectivity index is 1.23. The fourth-order valence-electron chi connectivity index (χ4n) is 5.84. The molecule has 5 aliphatic rings. The Kier molecular flexibility index (Phi) is 3.17. The van der Waals surface area contributed by atoms with Crippen molar-refractivity contribution < 1.29 is 14.4 Å². The number of carbonyl (C=O) groups is 3. The van der Waals surface area contributed by atoms with Crippen LogP contribution in [0.25, 0.3) is 10.8 Å². The van der Waals surface area contributed by atoms with Crippen LogP contribution >= 0.6 is 0 Å². The van der Waals surface area contributed by atoms with Crippen molar-refractivity contribution in [2.75, 3.05) is 11.9 Å². The predicted octanol–water partition coefficient (Wildman–Crippen LogP) is 2.83. The van der Waals surface area contributed by atoms with E-state index in [1.165, 1.54) is 4.90 Å². The molecule has 7 rings (SSSR count).